The van der Waals surface area contributed by atoms with Gasteiger partial charge in [-0.2, -0.15) is 0 Å². The third kappa shape index (κ3) is 8.66. The Bertz CT molecular complexity index is 1110. The minimum atomic E-state index is -1.28. The molecule has 3 aromatic rings. The Morgan fingerprint density at radius 2 is 1.27 bits per heavy atom. The molecule has 0 aromatic heterocycles. The van der Waals surface area contributed by atoms with Crippen LogP contribution >= 0.6 is 0 Å². The van der Waals surface area contributed by atoms with Gasteiger partial charge in [-0.25, -0.2) is 0 Å². The number of benzene rings is 3. The smallest absolute Gasteiger partial charge is 0.303 e. The number of carbonyl (C=O) groups is 2. The third-order valence-corrected chi connectivity index (χ3v) is 5.64. The first kappa shape index (κ1) is 27.8. The largest absolute Gasteiger partial charge is 0.456 e. The molecule has 7 heteroatoms. The van der Waals surface area contributed by atoms with Gasteiger partial charge in [-0.05, 0) is 12.5 Å². The molecule has 0 unspecified atom stereocenters. The molecule has 0 fully saturated rings. The first-order chi connectivity index (χ1) is 17.8. The van der Waals surface area contributed by atoms with Crippen molar-refractivity contribution >= 4 is 17.7 Å². The number of carbonyl (C=O) groups excluding carboxylic acids is 2. The summed E-state index contributed by atoms with van der Waals surface area (Å²) < 4.78 is 16.7. The standard InChI is InChI=1S/C30H33NO6/c1-21(31-28(25-15-9-5-10-16-25)26-17-11-6-12-18-26)29(34)30(37-23(3)33)27(36-22(2)32)20-35-19-24-13-7-4-8-14-24/h4-18,21,27,29-30,34H,19-20H2,1-3H3/t21-,27+,29+,30-/m0/s1. The monoisotopic (exact) mass is 503 g/mol. The maximum Gasteiger partial charge on any atom is 0.303 e. The normalized spacial score (nSPS) is 14.1. The molecular formula is C30H33NO6. The second-order valence-electron chi connectivity index (χ2n) is 8.66. The summed E-state index contributed by atoms with van der Waals surface area (Å²) in [5, 5.41) is 11.3. The quantitative estimate of drug-likeness (QED) is 0.292. The highest BCUT2D eigenvalue weighted by molar-refractivity contribution is 6.12. The maximum atomic E-state index is 12.0. The van der Waals surface area contributed by atoms with Gasteiger partial charge in [0.25, 0.3) is 0 Å². The lowest BCUT2D eigenvalue weighted by molar-refractivity contribution is -0.181. The highest BCUT2D eigenvalue weighted by atomic mass is 16.6. The number of ether oxygens (including phenoxy) is 3. The predicted molar refractivity (Wildman–Crippen MR) is 141 cm³/mol. The van der Waals surface area contributed by atoms with Crippen LogP contribution in [-0.4, -0.2) is 53.7 Å². The number of hydrogen-bond donors (Lipinski definition) is 1. The minimum absolute atomic E-state index is 0.0792. The van der Waals surface area contributed by atoms with Crippen LogP contribution in [0.2, 0.25) is 0 Å². The average molecular weight is 504 g/mol. The maximum absolute atomic E-state index is 12.0. The number of aliphatic hydroxyl groups excluding tert-OH is 1. The molecule has 0 radical (unpaired) electrons. The van der Waals surface area contributed by atoms with Crippen LogP contribution in [0.15, 0.2) is 96.0 Å². The minimum Gasteiger partial charge on any atom is -0.456 e. The summed E-state index contributed by atoms with van der Waals surface area (Å²) in [5.74, 6) is -1.20. The van der Waals surface area contributed by atoms with Gasteiger partial charge in [0.15, 0.2) is 12.2 Å². The second kappa shape index (κ2) is 14.1. The lowest BCUT2D eigenvalue weighted by atomic mass is 9.99. The van der Waals surface area contributed by atoms with Crippen LogP contribution in [0, 0.1) is 0 Å². The van der Waals surface area contributed by atoms with Crippen LogP contribution < -0.4 is 0 Å². The van der Waals surface area contributed by atoms with Gasteiger partial charge in [0, 0.05) is 25.0 Å². The van der Waals surface area contributed by atoms with Crippen molar-refractivity contribution in [2.45, 2.75) is 51.7 Å². The Balaban J connectivity index is 1.87. The van der Waals surface area contributed by atoms with Crippen molar-refractivity contribution in [1.82, 2.24) is 0 Å². The Morgan fingerprint density at radius 3 is 1.76 bits per heavy atom. The van der Waals surface area contributed by atoms with Gasteiger partial charge in [-0.3, -0.25) is 14.6 Å². The molecular weight excluding hydrogens is 470 g/mol. The highest BCUT2D eigenvalue weighted by Crippen LogP contribution is 2.19. The number of hydrogen-bond acceptors (Lipinski definition) is 7. The molecule has 0 amide bonds. The summed E-state index contributed by atoms with van der Waals surface area (Å²) in [6, 6.07) is 28.0. The molecule has 4 atom stereocenters. The van der Waals surface area contributed by atoms with Crippen molar-refractivity contribution in [3.8, 4) is 0 Å². The zero-order chi connectivity index (χ0) is 26.6. The molecule has 0 bridgehead atoms. The van der Waals surface area contributed by atoms with E-state index < -0.39 is 36.3 Å². The van der Waals surface area contributed by atoms with Gasteiger partial charge >= 0.3 is 11.9 Å². The molecule has 0 spiro atoms. The van der Waals surface area contributed by atoms with Gasteiger partial charge in [0.2, 0.25) is 0 Å². The Morgan fingerprint density at radius 1 is 0.784 bits per heavy atom. The van der Waals surface area contributed by atoms with Gasteiger partial charge in [-0.15, -0.1) is 0 Å². The molecule has 0 heterocycles. The molecule has 3 rings (SSSR count). The van der Waals surface area contributed by atoms with Crippen LogP contribution in [0.5, 0.6) is 0 Å². The molecule has 7 nitrogen and oxygen atoms in total. The van der Waals surface area contributed by atoms with Crippen molar-refractivity contribution in [3.63, 3.8) is 0 Å². The zero-order valence-electron chi connectivity index (χ0n) is 21.3. The lowest BCUT2D eigenvalue weighted by Gasteiger charge is -2.31. The van der Waals surface area contributed by atoms with E-state index in [4.69, 9.17) is 19.2 Å². The van der Waals surface area contributed by atoms with E-state index in [2.05, 4.69) is 0 Å². The van der Waals surface area contributed by atoms with Gasteiger partial charge in [-0.1, -0.05) is 91.0 Å². The number of rotatable bonds is 12. The van der Waals surface area contributed by atoms with E-state index in [1.165, 1.54) is 13.8 Å². The molecule has 0 aliphatic carbocycles. The van der Waals surface area contributed by atoms with E-state index in [9.17, 15) is 14.7 Å². The molecule has 37 heavy (non-hydrogen) atoms. The van der Waals surface area contributed by atoms with Crippen LogP contribution in [0.25, 0.3) is 0 Å². The fraction of sp³-hybridized carbons (Fsp3) is 0.300. The fourth-order valence-corrected chi connectivity index (χ4v) is 3.90. The first-order valence-corrected chi connectivity index (χ1v) is 12.2. The van der Waals surface area contributed by atoms with Crippen molar-refractivity contribution in [2.75, 3.05) is 6.61 Å². The summed E-state index contributed by atoms with van der Waals surface area (Å²) in [7, 11) is 0. The Hall–Kier alpha value is -3.81. The van der Waals surface area contributed by atoms with E-state index in [0.717, 1.165) is 16.7 Å². The van der Waals surface area contributed by atoms with Crippen LogP contribution in [0.4, 0.5) is 0 Å². The highest BCUT2D eigenvalue weighted by Gasteiger charge is 2.37. The van der Waals surface area contributed by atoms with E-state index in [1.807, 2.05) is 91.0 Å². The average Bonchev–Trinajstić information content (AvgIpc) is 2.90. The zero-order valence-corrected chi connectivity index (χ0v) is 21.3. The Labute approximate surface area is 217 Å². The summed E-state index contributed by atoms with van der Waals surface area (Å²) in [6.07, 6.45) is -3.51. The van der Waals surface area contributed by atoms with Crippen LogP contribution in [0.1, 0.15) is 37.5 Å². The number of esters is 2. The van der Waals surface area contributed by atoms with Crippen molar-refractivity contribution in [3.05, 3.63) is 108 Å². The molecule has 0 saturated carbocycles. The fourth-order valence-electron chi connectivity index (χ4n) is 3.90. The summed E-state index contributed by atoms with van der Waals surface area (Å²) in [4.78, 5) is 28.7. The Kier molecular flexibility index (Phi) is 10.6. The van der Waals surface area contributed by atoms with Crippen molar-refractivity contribution < 1.29 is 28.9 Å². The lowest BCUT2D eigenvalue weighted by Crippen LogP contribution is -2.49. The van der Waals surface area contributed by atoms with Crippen LogP contribution in [0.3, 0.4) is 0 Å². The molecule has 3 aromatic carbocycles. The van der Waals surface area contributed by atoms with Gasteiger partial charge in [0.1, 0.15) is 6.10 Å². The SMILES string of the molecule is CC(=O)O[C@H]([C@H](O)[C@H](C)N=C(c1ccccc1)c1ccccc1)[C@@H](COCc1ccccc1)OC(C)=O. The second-order valence-corrected chi connectivity index (χ2v) is 8.66. The van der Waals surface area contributed by atoms with Crippen molar-refractivity contribution in [1.29, 1.82) is 0 Å². The molecule has 1 N–H and O–H groups in total. The predicted octanol–water partition coefficient (Wildman–Crippen LogP) is 4.35. The first-order valence-electron chi connectivity index (χ1n) is 12.2. The molecule has 0 aliphatic heterocycles. The number of nitrogens with zero attached hydrogens (tertiary/aromatic N) is 1. The van der Waals surface area contributed by atoms with E-state index >= 15 is 0 Å². The third-order valence-electron chi connectivity index (χ3n) is 5.64. The molecule has 0 saturated heterocycles. The number of aliphatic imine (C=N–C) groups is 1. The summed E-state index contributed by atoms with van der Waals surface area (Å²) >= 11 is 0. The van der Waals surface area contributed by atoms with E-state index in [0.29, 0.717) is 5.71 Å². The van der Waals surface area contributed by atoms with E-state index in [-0.39, 0.29) is 13.2 Å². The van der Waals surface area contributed by atoms with Crippen molar-refractivity contribution in [2.24, 2.45) is 4.99 Å². The summed E-state index contributed by atoms with van der Waals surface area (Å²) in [5.41, 5.74) is 3.36. The van der Waals surface area contributed by atoms with Gasteiger partial charge in [0.05, 0.1) is 25.0 Å². The van der Waals surface area contributed by atoms with E-state index in [1.54, 1.807) is 6.92 Å². The molecule has 194 valence electrons. The van der Waals surface area contributed by atoms with Gasteiger partial charge < -0.3 is 19.3 Å². The van der Waals surface area contributed by atoms with Crippen LogP contribution in [-0.2, 0) is 30.4 Å². The summed E-state index contributed by atoms with van der Waals surface area (Å²) in [6.45, 7) is 4.41. The molecule has 0 aliphatic rings. The topological polar surface area (TPSA) is 94.4 Å². The number of aliphatic hydroxyl groups is 1.